The fourth-order valence-corrected chi connectivity index (χ4v) is 1.97. The first-order valence-corrected chi connectivity index (χ1v) is 5.21. The third-order valence-corrected chi connectivity index (χ3v) is 2.40. The quantitative estimate of drug-likeness (QED) is 0.711. The van der Waals surface area contributed by atoms with Gasteiger partial charge < -0.3 is 4.90 Å². The highest BCUT2D eigenvalue weighted by Gasteiger charge is 2.07. The van der Waals surface area contributed by atoms with E-state index in [0.717, 1.165) is 0 Å². The molecule has 0 saturated heterocycles. The Morgan fingerprint density at radius 2 is 1.67 bits per heavy atom. The molecular formula is C14H19N. The van der Waals surface area contributed by atoms with Crippen molar-refractivity contribution in [2.45, 2.75) is 27.7 Å². The van der Waals surface area contributed by atoms with E-state index in [-0.39, 0.29) is 0 Å². The molecule has 0 radical (unpaired) electrons. The molecule has 0 aliphatic rings. The SMILES string of the molecule is C=CN(/C=C\C)c1c(C)cc(C)cc1C. The van der Waals surface area contributed by atoms with Crippen molar-refractivity contribution >= 4 is 5.69 Å². The van der Waals surface area contributed by atoms with Gasteiger partial charge in [-0.25, -0.2) is 0 Å². The van der Waals surface area contributed by atoms with Gasteiger partial charge in [0, 0.05) is 12.4 Å². The maximum atomic E-state index is 3.84. The Kier molecular flexibility index (Phi) is 3.73. The normalized spacial score (nSPS) is 10.7. The highest BCUT2D eigenvalue weighted by atomic mass is 15.1. The van der Waals surface area contributed by atoms with Crippen molar-refractivity contribution < 1.29 is 0 Å². The lowest BCUT2D eigenvalue weighted by Crippen LogP contribution is -2.09. The standard InChI is InChI=1S/C14H19N/c1-6-8-15(7-2)14-12(4)9-11(3)10-13(14)5/h6-10H,2H2,1,3-5H3/b8-6-. The van der Waals surface area contributed by atoms with Crippen molar-refractivity contribution in [2.75, 3.05) is 4.90 Å². The highest BCUT2D eigenvalue weighted by Crippen LogP contribution is 2.26. The topological polar surface area (TPSA) is 3.24 Å². The van der Waals surface area contributed by atoms with Crippen LogP contribution >= 0.6 is 0 Å². The van der Waals surface area contributed by atoms with Crippen molar-refractivity contribution in [1.29, 1.82) is 0 Å². The number of aryl methyl sites for hydroxylation is 3. The van der Waals surface area contributed by atoms with Gasteiger partial charge in [-0.2, -0.15) is 0 Å². The molecule has 80 valence electrons. The summed E-state index contributed by atoms with van der Waals surface area (Å²) in [5, 5.41) is 0. The Morgan fingerprint density at radius 1 is 1.13 bits per heavy atom. The van der Waals surface area contributed by atoms with Gasteiger partial charge in [-0.05, 0) is 38.8 Å². The molecule has 1 nitrogen and oxygen atoms in total. The van der Waals surface area contributed by atoms with Crippen molar-refractivity contribution in [3.05, 3.63) is 53.9 Å². The van der Waals surface area contributed by atoms with Gasteiger partial charge >= 0.3 is 0 Å². The number of hydrogen-bond acceptors (Lipinski definition) is 1. The van der Waals surface area contributed by atoms with Crippen LogP contribution < -0.4 is 4.90 Å². The van der Waals surface area contributed by atoms with Gasteiger partial charge in [-0.15, -0.1) is 0 Å². The number of hydrogen-bond donors (Lipinski definition) is 0. The predicted octanol–water partition coefficient (Wildman–Crippen LogP) is 4.10. The summed E-state index contributed by atoms with van der Waals surface area (Å²) in [6.45, 7) is 12.2. The molecule has 15 heavy (non-hydrogen) atoms. The lowest BCUT2D eigenvalue weighted by Gasteiger charge is -2.21. The van der Waals surface area contributed by atoms with E-state index in [2.05, 4.69) is 44.4 Å². The van der Waals surface area contributed by atoms with E-state index in [0.29, 0.717) is 0 Å². The third-order valence-electron chi connectivity index (χ3n) is 2.40. The van der Waals surface area contributed by atoms with Crippen LogP contribution in [0, 0.1) is 20.8 Å². The number of anilines is 1. The molecule has 1 aromatic rings. The van der Waals surface area contributed by atoms with Gasteiger partial charge in [-0.3, -0.25) is 0 Å². The Bertz CT molecular complexity index is 365. The van der Waals surface area contributed by atoms with Gasteiger partial charge in [0.2, 0.25) is 0 Å². The summed E-state index contributed by atoms with van der Waals surface area (Å²) in [6, 6.07) is 4.39. The molecule has 0 aromatic heterocycles. The molecule has 1 rings (SSSR count). The summed E-state index contributed by atoms with van der Waals surface area (Å²) in [6.07, 6.45) is 5.88. The third kappa shape index (κ3) is 2.50. The largest absolute Gasteiger partial charge is 0.324 e. The molecule has 0 amide bonds. The van der Waals surface area contributed by atoms with E-state index in [1.54, 1.807) is 0 Å². The van der Waals surface area contributed by atoms with E-state index < -0.39 is 0 Å². The minimum atomic E-state index is 1.23. The lowest BCUT2D eigenvalue weighted by atomic mass is 10.0. The van der Waals surface area contributed by atoms with Crippen LogP contribution in [0.3, 0.4) is 0 Å². The maximum Gasteiger partial charge on any atom is 0.0507 e. The van der Waals surface area contributed by atoms with Crippen LogP contribution in [0.2, 0.25) is 0 Å². The number of nitrogens with zero attached hydrogens (tertiary/aromatic N) is 1. The number of benzene rings is 1. The van der Waals surface area contributed by atoms with Crippen LogP contribution in [0.4, 0.5) is 5.69 Å². The maximum absolute atomic E-state index is 3.84. The second kappa shape index (κ2) is 4.83. The van der Waals surface area contributed by atoms with Crippen LogP contribution in [0.5, 0.6) is 0 Å². The molecule has 0 saturated carbocycles. The summed E-state index contributed by atoms with van der Waals surface area (Å²) >= 11 is 0. The summed E-state index contributed by atoms with van der Waals surface area (Å²) in [5.41, 5.74) is 5.10. The smallest absolute Gasteiger partial charge is 0.0507 e. The monoisotopic (exact) mass is 201 g/mol. The van der Waals surface area contributed by atoms with Gasteiger partial charge in [0.05, 0.1) is 5.69 Å². The molecule has 0 aliphatic heterocycles. The Morgan fingerprint density at radius 3 is 2.07 bits per heavy atom. The fourth-order valence-electron chi connectivity index (χ4n) is 1.97. The average molecular weight is 201 g/mol. The minimum Gasteiger partial charge on any atom is -0.324 e. The zero-order valence-electron chi connectivity index (χ0n) is 10.0. The van der Waals surface area contributed by atoms with Gasteiger partial charge in [0.25, 0.3) is 0 Å². The van der Waals surface area contributed by atoms with Crippen LogP contribution in [0.15, 0.2) is 37.2 Å². The zero-order chi connectivity index (χ0) is 11.4. The molecule has 0 spiro atoms. The van der Waals surface area contributed by atoms with Crippen molar-refractivity contribution in [3.63, 3.8) is 0 Å². The molecule has 0 atom stereocenters. The molecule has 0 unspecified atom stereocenters. The molecule has 0 aliphatic carbocycles. The lowest BCUT2D eigenvalue weighted by molar-refractivity contribution is 1.20. The van der Waals surface area contributed by atoms with E-state index >= 15 is 0 Å². The number of allylic oxidation sites excluding steroid dienone is 1. The first-order chi connectivity index (χ1) is 7.10. The van der Waals surface area contributed by atoms with E-state index in [4.69, 9.17) is 0 Å². The second-order valence-electron chi connectivity index (χ2n) is 3.82. The van der Waals surface area contributed by atoms with Gasteiger partial charge in [-0.1, -0.05) is 30.4 Å². The zero-order valence-corrected chi connectivity index (χ0v) is 10.0. The van der Waals surface area contributed by atoms with Crippen LogP contribution in [-0.2, 0) is 0 Å². The molecular weight excluding hydrogens is 182 g/mol. The highest BCUT2D eigenvalue weighted by molar-refractivity contribution is 5.63. The van der Waals surface area contributed by atoms with Crippen LogP contribution in [0.25, 0.3) is 0 Å². The van der Waals surface area contributed by atoms with Crippen LogP contribution in [0.1, 0.15) is 23.6 Å². The van der Waals surface area contributed by atoms with Gasteiger partial charge in [0.1, 0.15) is 0 Å². The minimum absolute atomic E-state index is 1.23. The molecule has 0 N–H and O–H groups in total. The molecule has 0 fully saturated rings. The fraction of sp³-hybridized carbons (Fsp3) is 0.286. The molecule has 0 bridgehead atoms. The first-order valence-electron chi connectivity index (χ1n) is 5.21. The first kappa shape index (κ1) is 11.6. The van der Waals surface area contributed by atoms with Crippen molar-refractivity contribution in [1.82, 2.24) is 0 Å². The molecule has 1 heteroatoms. The van der Waals surface area contributed by atoms with Crippen molar-refractivity contribution in [3.8, 4) is 0 Å². The predicted molar refractivity (Wildman–Crippen MR) is 68.1 cm³/mol. The Labute approximate surface area is 92.7 Å². The summed E-state index contributed by atoms with van der Waals surface area (Å²) in [4.78, 5) is 2.06. The van der Waals surface area contributed by atoms with Crippen molar-refractivity contribution in [2.24, 2.45) is 0 Å². The molecule has 0 heterocycles. The van der Waals surface area contributed by atoms with E-state index in [1.807, 2.05) is 25.4 Å². The summed E-state index contributed by atoms with van der Waals surface area (Å²) in [5.74, 6) is 0. The summed E-state index contributed by atoms with van der Waals surface area (Å²) < 4.78 is 0. The van der Waals surface area contributed by atoms with Gasteiger partial charge in [0.15, 0.2) is 0 Å². The Balaban J connectivity index is 3.28. The van der Waals surface area contributed by atoms with E-state index in [1.165, 1.54) is 22.4 Å². The van der Waals surface area contributed by atoms with E-state index in [9.17, 15) is 0 Å². The molecule has 1 aromatic carbocycles. The second-order valence-corrected chi connectivity index (χ2v) is 3.82. The average Bonchev–Trinajstić information content (AvgIpc) is 2.14. The Hall–Kier alpha value is -1.50. The number of rotatable bonds is 3. The summed E-state index contributed by atoms with van der Waals surface area (Å²) in [7, 11) is 0. The van der Waals surface area contributed by atoms with Crippen LogP contribution in [-0.4, -0.2) is 0 Å².